The molecule has 0 bridgehead atoms. The number of nitrogens with zero attached hydrogens (tertiary/aromatic N) is 3. The van der Waals surface area contributed by atoms with Gasteiger partial charge in [0.1, 0.15) is 5.82 Å². The fourth-order valence-electron chi connectivity index (χ4n) is 1.81. The Bertz CT molecular complexity index is 589. The second-order valence-corrected chi connectivity index (χ2v) is 4.50. The number of carboxylic acids is 1. The Kier molecular flexibility index (Phi) is 3.18. The maximum Gasteiger partial charge on any atom is 0.309 e. The predicted molar refractivity (Wildman–Crippen MR) is 67.8 cm³/mol. The summed E-state index contributed by atoms with van der Waals surface area (Å²) in [7, 11) is 0. The fraction of sp³-hybridized carbons (Fsp3) is 0.417. The van der Waals surface area contributed by atoms with Gasteiger partial charge < -0.3 is 10.4 Å². The zero-order chi connectivity index (χ0) is 13.3. The molecule has 0 aliphatic heterocycles. The summed E-state index contributed by atoms with van der Waals surface area (Å²) in [6, 6.07) is 3.94. The number of carboxylic acid groups (broad SMARTS) is 1. The molecule has 6 heteroatoms. The van der Waals surface area contributed by atoms with Crippen molar-refractivity contribution in [1.82, 2.24) is 14.6 Å². The van der Waals surface area contributed by atoms with Crippen molar-refractivity contribution in [3.63, 3.8) is 0 Å². The third-order valence-corrected chi connectivity index (χ3v) is 2.53. The molecule has 0 aromatic carbocycles. The van der Waals surface area contributed by atoms with Crippen LogP contribution in [0.25, 0.3) is 5.65 Å². The van der Waals surface area contributed by atoms with Gasteiger partial charge in [0, 0.05) is 6.04 Å². The van der Waals surface area contributed by atoms with Crippen LogP contribution in [0.15, 0.2) is 12.1 Å². The minimum Gasteiger partial charge on any atom is -0.481 e. The van der Waals surface area contributed by atoms with Gasteiger partial charge in [-0.25, -0.2) is 9.50 Å². The first-order valence-electron chi connectivity index (χ1n) is 5.81. The number of aryl methyl sites for hydroxylation is 1. The number of hydrogen-bond donors (Lipinski definition) is 2. The molecule has 2 heterocycles. The van der Waals surface area contributed by atoms with E-state index in [0.29, 0.717) is 22.9 Å². The first-order valence-corrected chi connectivity index (χ1v) is 5.81. The van der Waals surface area contributed by atoms with Crippen molar-refractivity contribution in [2.24, 2.45) is 0 Å². The summed E-state index contributed by atoms with van der Waals surface area (Å²) in [5.74, 6) is -0.175. The van der Waals surface area contributed by atoms with Crippen LogP contribution in [-0.4, -0.2) is 31.7 Å². The van der Waals surface area contributed by atoms with Crippen LogP contribution in [0, 0.1) is 6.92 Å². The van der Waals surface area contributed by atoms with Gasteiger partial charge in [0.2, 0.25) is 0 Å². The smallest absolute Gasteiger partial charge is 0.309 e. The summed E-state index contributed by atoms with van der Waals surface area (Å²) in [5, 5.41) is 16.4. The molecule has 0 spiro atoms. The Hall–Kier alpha value is -2.11. The van der Waals surface area contributed by atoms with Gasteiger partial charge >= 0.3 is 5.97 Å². The van der Waals surface area contributed by atoms with Crippen LogP contribution in [0.3, 0.4) is 0 Å². The molecule has 96 valence electrons. The van der Waals surface area contributed by atoms with Crippen molar-refractivity contribution in [1.29, 1.82) is 0 Å². The maximum absolute atomic E-state index is 10.8. The Balaban J connectivity index is 2.48. The van der Waals surface area contributed by atoms with Crippen molar-refractivity contribution in [2.45, 2.75) is 33.2 Å². The molecule has 2 N–H and O–H groups in total. The highest BCUT2D eigenvalue weighted by molar-refractivity contribution is 5.70. The number of imidazole rings is 1. The number of hydrogen-bond acceptors (Lipinski definition) is 4. The van der Waals surface area contributed by atoms with Crippen molar-refractivity contribution in [3.8, 4) is 0 Å². The summed E-state index contributed by atoms with van der Waals surface area (Å²) in [6.45, 7) is 5.83. The lowest BCUT2D eigenvalue weighted by atomic mass is 10.3. The van der Waals surface area contributed by atoms with Crippen LogP contribution in [0.1, 0.15) is 25.2 Å². The van der Waals surface area contributed by atoms with Gasteiger partial charge in [-0.2, -0.15) is 0 Å². The monoisotopic (exact) mass is 248 g/mol. The average molecular weight is 248 g/mol. The number of aliphatic carboxylic acids is 1. The van der Waals surface area contributed by atoms with Gasteiger partial charge in [-0.1, -0.05) is 0 Å². The Morgan fingerprint density at radius 3 is 2.83 bits per heavy atom. The predicted octanol–water partition coefficient (Wildman–Crippen LogP) is 1.49. The zero-order valence-electron chi connectivity index (χ0n) is 10.6. The number of aromatic nitrogens is 3. The molecule has 0 atom stereocenters. The SMILES string of the molecule is Cc1nc2ccc(NC(C)C)nn2c1CC(=O)O. The topological polar surface area (TPSA) is 79.5 Å². The van der Waals surface area contributed by atoms with E-state index < -0.39 is 5.97 Å². The van der Waals surface area contributed by atoms with Crippen LogP contribution in [0.4, 0.5) is 5.82 Å². The van der Waals surface area contributed by atoms with Gasteiger partial charge in [0.15, 0.2) is 5.65 Å². The third kappa shape index (κ3) is 2.42. The molecule has 0 saturated carbocycles. The minimum absolute atomic E-state index is 0.0782. The Morgan fingerprint density at radius 1 is 1.50 bits per heavy atom. The Morgan fingerprint density at radius 2 is 2.22 bits per heavy atom. The lowest BCUT2D eigenvalue weighted by molar-refractivity contribution is -0.136. The minimum atomic E-state index is -0.885. The van der Waals surface area contributed by atoms with Gasteiger partial charge in [0.05, 0.1) is 17.8 Å². The quantitative estimate of drug-likeness (QED) is 0.856. The number of fused-ring (bicyclic) bond motifs is 1. The Labute approximate surface area is 105 Å². The fourth-order valence-corrected chi connectivity index (χ4v) is 1.81. The van der Waals surface area contributed by atoms with E-state index in [0.717, 1.165) is 0 Å². The highest BCUT2D eigenvalue weighted by Gasteiger charge is 2.13. The number of rotatable bonds is 4. The molecule has 18 heavy (non-hydrogen) atoms. The van der Waals surface area contributed by atoms with E-state index in [1.807, 2.05) is 26.0 Å². The second-order valence-electron chi connectivity index (χ2n) is 4.50. The first kappa shape index (κ1) is 12.3. The molecule has 0 aliphatic carbocycles. The normalized spacial score (nSPS) is 11.1. The van der Waals surface area contributed by atoms with Gasteiger partial charge in [-0.3, -0.25) is 4.79 Å². The number of nitrogens with one attached hydrogen (secondary N) is 1. The van der Waals surface area contributed by atoms with E-state index in [1.54, 1.807) is 11.4 Å². The standard InChI is InChI=1S/C12H16N4O2/c1-7(2)13-10-4-5-11-14-8(3)9(6-12(17)18)16(11)15-10/h4-5,7H,6H2,1-3H3,(H,13,15)(H,17,18). The first-order chi connectivity index (χ1) is 8.47. The molecule has 0 radical (unpaired) electrons. The van der Waals surface area contributed by atoms with Crippen molar-refractivity contribution in [3.05, 3.63) is 23.5 Å². The molecule has 0 aliphatic rings. The summed E-state index contributed by atoms with van der Waals surface area (Å²) < 4.78 is 1.59. The van der Waals surface area contributed by atoms with E-state index in [2.05, 4.69) is 15.4 Å². The van der Waals surface area contributed by atoms with Crippen molar-refractivity contribution >= 4 is 17.4 Å². The highest BCUT2D eigenvalue weighted by Crippen LogP contribution is 2.14. The van der Waals surface area contributed by atoms with Crippen molar-refractivity contribution < 1.29 is 9.90 Å². The van der Waals surface area contributed by atoms with E-state index in [4.69, 9.17) is 5.11 Å². The van der Waals surface area contributed by atoms with E-state index in [-0.39, 0.29) is 12.5 Å². The van der Waals surface area contributed by atoms with Crippen LogP contribution >= 0.6 is 0 Å². The third-order valence-electron chi connectivity index (χ3n) is 2.53. The summed E-state index contributed by atoms with van der Waals surface area (Å²) >= 11 is 0. The molecular weight excluding hydrogens is 232 g/mol. The van der Waals surface area contributed by atoms with E-state index >= 15 is 0 Å². The van der Waals surface area contributed by atoms with Crippen LogP contribution < -0.4 is 5.32 Å². The van der Waals surface area contributed by atoms with Gasteiger partial charge in [0.25, 0.3) is 0 Å². The second kappa shape index (κ2) is 4.64. The summed E-state index contributed by atoms with van der Waals surface area (Å²) in [4.78, 5) is 15.1. The lowest BCUT2D eigenvalue weighted by Gasteiger charge is -2.09. The van der Waals surface area contributed by atoms with Gasteiger partial charge in [-0.15, -0.1) is 5.10 Å². The molecule has 0 saturated heterocycles. The number of carbonyl (C=O) groups is 1. The molecule has 0 fully saturated rings. The molecule has 0 unspecified atom stereocenters. The molecular formula is C12H16N4O2. The zero-order valence-corrected chi connectivity index (χ0v) is 10.6. The maximum atomic E-state index is 10.8. The molecule has 2 aromatic heterocycles. The molecule has 2 aromatic rings. The van der Waals surface area contributed by atoms with Crippen LogP contribution in [0.5, 0.6) is 0 Å². The highest BCUT2D eigenvalue weighted by atomic mass is 16.4. The molecule has 0 amide bonds. The van der Waals surface area contributed by atoms with Crippen molar-refractivity contribution in [2.75, 3.05) is 5.32 Å². The lowest BCUT2D eigenvalue weighted by Crippen LogP contribution is -2.13. The van der Waals surface area contributed by atoms with Crippen LogP contribution in [0.2, 0.25) is 0 Å². The van der Waals surface area contributed by atoms with E-state index in [9.17, 15) is 4.79 Å². The summed E-state index contributed by atoms with van der Waals surface area (Å²) in [5.41, 5.74) is 1.98. The largest absolute Gasteiger partial charge is 0.481 e. The van der Waals surface area contributed by atoms with Gasteiger partial charge in [-0.05, 0) is 32.9 Å². The van der Waals surface area contributed by atoms with Crippen LogP contribution in [-0.2, 0) is 11.2 Å². The number of anilines is 1. The molecule has 6 nitrogen and oxygen atoms in total. The summed E-state index contributed by atoms with van der Waals surface area (Å²) in [6.07, 6.45) is -0.0782. The average Bonchev–Trinajstić information content (AvgIpc) is 2.54. The van der Waals surface area contributed by atoms with E-state index in [1.165, 1.54) is 0 Å². The molecule has 2 rings (SSSR count).